The molecular formula is C40H46N14O14. The van der Waals surface area contributed by atoms with E-state index < -0.39 is 83.8 Å². The van der Waals surface area contributed by atoms with Gasteiger partial charge in [-0.2, -0.15) is 9.97 Å². The first-order valence-corrected chi connectivity index (χ1v) is 20.3. The van der Waals surface area contributed by atoms with Gasteiger partial charge in [0.2, 0.25) is 24.7 Å². The van der Waals surface area contributed by atoms with Crippen molar-refractivity contribution < 1.29 is 58.8 Å². The van der Waals surface area contributed by atoms with Crippen molar-refractivity contribution in [2.24, 2.45) is 0 Å². The molecule has 0 bridgehead atoms. The minimum atomic E-state index is -1.33. The highest BCUT2D eigenvalue weighted by Crippen LogP contribution is 2.27. The molecule has 0 fully saturated rings. The summed E-state index contributed by atoms with van der Waals surface area (Å²) in [5, 5.41) is 52.5. The number of carboxylic acid groups (broad SMARTS) is 4. The van der Waals surface area contributed by atoms with Crippen molar-refractivity contribution in [2.75, 3.05) is 68.7 Å². The van der Waals surface area contributed by atoms with Crippen molar-refractivity contribution in [1.82, 2.24) is 30.6 Å². The molecule has 4 unspecified atom stereocenters. The van der Waals surface area contributed by atoms with Crippen molar-refractivity contribution in [3.63, 3.8) is 0 Å². The molecule has 4 aromatic rings. The number of hydrogen-bond donors (Lipinski definition) is 14. The lowest BCUT2D eigenvalue weighted by Crippen LogP contribution is -2.50. The van der Waals surface area contributed by atoms with Gasteiger partial charge < -0.3 is 73.6 Å². The number of nitrogens with two attached hydrogens (primary N) is 2. The van der Waals surface area contributed by atoms with Gasteiger partial charge in [-0.25, -0.2) is 9.59 Å². The smallest absolute Gasteiger partial charge is 0.326 e. The number of rotatable bonds is 20. The van der Waals surface area contributed by atoms with Gasteiger partial charge in [0.1, 0.15) is 12.1 Å². The number of carbonyl (C=O) groups excluding carboxylic acids is 4. The van der Waals surface area contributed by atoms with Crippen LogP contribution in [0.5, 0.6) is 0 Å². The van der Waals surface area contributed by atoms with Crippen molar-refractivity contribution in [3.8, 4) is 0 Å². The lowest BCUT2D eigenvalue weighted by Gasteiger charge is -2.34. The molecule has 360 valence electrons. The Hall–Kier alpha value is -9.24. The van der Waals surface area contributed by atoms with Crippen LogP contribution in [0, 0.1) is 0 Å². The number of amides is 4. The number of aliphatic carboxylic acids is 4. The van der Waals surface area contributed by atoms with Gasteiger partial charge in [0.15, 0.2) is 23.0 Å². The number of carbonyl (C=O) groups is 8. The number of nitrogen functional groups attached to an aromatic ring is 2. The summed E-state index contributed by atoms with van der Waals surface area (Å²) < 4.78 is 0. The summed E-state index contributed by atoms with van der Waals surface area (Å²) in [6.07, 6.45) is -0.202. The molecule has 16 N–H and O–H groups in total. The maximum absolute atomic E-state index is 12.3. The Morgan fingerprint density at radius 3 is 1.29 bits per heavy atom. The van der Waals surface area contributed by atoms with E-state index in [9.17, 15) is 58.2 Å². The second-order valence-corrected chi connectivity index (χ2v) is 14.9. The van der Waals surface area contributed by atoms with Crippen LogP contribution in [-0.2, 0) is 28.8 Å². The maximum Gasteiger partial charge on any atom is 0.326 e. The van der Waals surface area contributed by atoms with E-state index in [-0.39, 0.29) is 72.0 Å². The molecule has 4 amide bonds. The first-order valence-electron chi connectivity index (χ1n) is 20.3. The van der Waals surface area contributed by atoms with E-state index in [2.05, 4.69) is 51.8 Å². The summed E-state index contributed by atoms with van der Waals surface area (Å²) in [7, 11) is 0. The number of carboxylic acids is 4. The van der Waals surface area contributed by atoms with E-state index >= 15 is 0 Å². The van der Waals surface area contributed by atoms with Gasteiger partial charge >= 0.3 is 23.9 Å². The van der Waals surface area contributed by atoms with Crippen molar-refractivity contribution >= 4 is 94.8 Å². The molecule has 2 aliphatic heterocycles. The summed E-state index contributed by atoms with van der Waals surface area (Å²) in [6.45, 7) is 1.14. The molecule has 4 atom stereocenters. The number of anilines is 8. The third-order valence-corrected chi connectivity index (χ3v) is 10.2. The fraction of sp³-hybridized carbons (Fsp3) is 0.300. The van der Waals surface area contributed by atoms with Gasteiger partial charge in [0.25, 0.3) is 22.9 Å². The Bertz CT molecular complexity index is 2480. The molecule has 0 saturated carbocycles. The van der Waals surface area contributed by atoms with Crippen LogP contribution in [0.2, 0.25) is 0 Å². The predicted octanol–water partition coefficient (Wildman–Crippen LogP) is -1.46. The predicted molar refractivity (Wildman–Crippen MR) is 242 cm³/mol. The van der Waals surface area contributed by atoms with Crippen LogP contribution in [0.3, 0.4) is 0 Å². The number of H-pyrrole nitrogens is 2. The van der Waals surface area contributed by atoms with Crippen LogP contribution < -0.4 is 64.3 Å². The zero-order valence-corrected chi connectivity index (χ0v) is 35.6. The zero-order chi connectivity index (χ0) is 49.7. The normalized spacial score (nSPS) is 15.4. The number of hydrogen-bond acceptors (Lipinski definition) is 18. The summed E-state index contributed by atoms with van der Waals surface area (Å²) >= 11 is 0. The highest BCUT2D eigenvalue weighted by molar-refractivity contribution is 5.98. The van der Waals surface area contributed by atoms with Crippen LogP contribution in [0.4, 0.5) is 46.3 Å². The fourth-order valence-corrected chi connectivity index (χ4v) is 6.79. The molecule has 68 heavy (non-hydrogen) atoms. The Kier molecular flexibility index (Phi) is 16.5. The van der Waals surface area contributed by atoms with Gasteiger partial charge in [-0.1, -0.05) is 0 Å². The number of benzene rings is 2. The second kappa shape index (κ2) is 22.6. The molecule has 28 nitrogen and oxygen atoms in total. The van der Waals surface area contributed by atoms with E-state index in [0.29, 0.717) is 37.3 Å². The first-order chi connectivity index (χ1) is 32.4. The minimum absolute atomic E-state index is 0.0603. The van der Waals surface area contributed by atoms with Crippen LogP contribution >= 0.6 is 0 Å². The lowest BCUT2D eigenvalue weighted by molar-refractivity contribution is -0.142. The standard InChI is InChI=1S/2C20H23N7O7/c2*21-20-25-16-15(18(32)26-20)27(9-28)12(8-23-16)7-22-11-3-1-10(2-4-11)17(31)24-13(19(33)34)5-6-14(29)30/h2*1-4,9,12-13,22H,5-8H2,(H,24,31)(H,29,30)(H,33,34)(H4,21,23,25,26,32). The van der Waals surface area contributed by atoms with Crippen LogP contribution in [-0.4, -0.2) is 139 Å². The van der Waals surface area contributed by atoms with Gasteiger partial charge in [-0.3, -0.25) is 48.3 Å². The van der Waals surface area contributed by atoms with Crippen molar-refractivity contribution in [1.29, 1.82) is 0 Å². The summed E-state index contributed by atoms with van der Waals surface area (Å²) in [5.41, 5.74) is 11.7. The number of nitrogens with zero attached hydrogens (tertiary/aromatic N) is 4. The molecule has 0 spiro atoms. The van der Waals surface area contributed by atoms with Crippen LogP contribution in [0.15, 0.2) is 58.1 Å². The van der Waals surface area contributed by atoms with E-state index in [0.717, 1.165) is 0 Å². The third kappa shape index (κ3) is 12.9. The molecule has 4 heterocycles. The highest BCUT2D eigenvalue weighted by Gasteiger charge is 2.31. The summed E-state index contributed by atoms with van der Waals surface area (Å²) in [4.78, 5) is 131. The van der Waals surface area contributed by atoms with Gasteiger partial charge in [0, 0.05) is 61.5 Å². The van der Waals surface area contributed by atoms with E-state index in [1.54, 1.807) is 24.3 Å². The Morgan fingerprint density at radius 1 is 0.632 bits per heavy atom. The number of nitrogens with one attached hydrogen (secondary N) is 8. The first kappa shape index (κ1) is 49.8. The average molecular weight is 947 g/mol. The quantitative estimate of drug-likeness (QED) is 0.0450. The minimum Gasteiger partial charge on any atom is -0.481 e. The third-order valence-electron chi connectivity index (χ3n) is 10.2. The monoisotopic (exact) mass is 946 g/mol. The molecular weight excluding hydrogens is 901 g/mol. The largest absolute Gasteiger partial charge is 0.481 e. The Morgan fingerprint density at radius 2 is 0.985 bits per heavy atom. The maximum atomic E-state index is 12.3. The van der Waals surface area contributed by atoms with E-state index in [1.807, 2.05) is 0 Å². The molecule has 2 aromatic heterocycles. The molecule has 6 rings (SSSR count). The van der Waals surface area contributed by atoms with E-state index in [4.69, 9.17) is 21.7 Å². The van der Waals surface area contributed by atoms with Crippen LogP contribution in [0.1, 0.15) is 46.4 Å². The molecule has 0 radical (unpaired) electrons. The lowest BCUT2D eigenvalue weighted by atomic mass is 10.1. The molecule has 2 aromatic carbocycles. The van der Waals surface area contributed by atoms with E-state index in [1.165, 1.54) is 34.1 Å². The topological polar surface area (TPSA) is 440 Å². The van der Waals surface area contributed by atoms with Gasteiger partial charge in [-0.15, -0.1) is 0 Å². The molecule has 0 saturated heterocycles. The molecule has 0 aliphatic carbocycles. The van der Waals surface area contributed by atoms with Crippen molar-refractivity contribution in [2.45, 2.75) is 49.9 Å². The Labute approximate surface area is 382 Å². The summed E-state index contributed by atoms with van der Waals surface area (Å²) in [6, 6.07) is 8.73. The molecule has 2 aliphatic rings. The van der Waals surface area contributed by atoms with Crippen LogP contribution in [0.25, 0.3) is 0 Å². The van der Waals surface area contributed by atoms with Gasteiger partial charge in [0.05, 0.1) is 12.1 Å². The SMILES string of the molecule is Nc1nc2c(c(=O)[nH]1)N(C=O)C(CNc1ccc(C(=O)NC(CCC(=O)O)C(=O)O)cc1)CN2.Nc1nc2c(c(=O)[nH]1)N(C=O)C(CNc1ccc(C(=O)NC(CCC(=O)O)C(=O)O)cc1)CN2. The number of aromatic amines is 2. The second-order valence-electron chi connectivity index (χ2n) is 14.9. The number of aromatic nitrogens is 4. The molecule has 28 heteroatoms. The van der Waals surface area contributed by atoms with Crippen molar-refractivity contribution in [3.05, 3.63) is 80.4 Å². The Balaban J connectivity index is 0.000000254. The number of fused-ring (bicyclic) bond motifs is 2. The summed E-state index contributed by atoms with van der Waals surface area (Å²) in [5.74, 6) is -6.01. The average Bonchev–Trinajstić information content (AvgIpc) is 3.29. The van der Waals surface area contributed by atoms with Gasteiger partial charge in [-0.05, 0) is 61.4 Å². The highest BCUT2D eigenvalue weighted by atomic mass is 16.4. The zero-order valence-electron chi connectivity index (χ0n) is 35.6. The fourth-order valence-electron chi connectivity index (χ4n) is 6.79.